The molecule has 0 amide bonds. The second-order valence-corrected chi connectivity index (χ2v) is 2.40. The molecule has 1 rings (SSSR count). The molecule has 0 aliphatic heterocycles. The fourth-order valence-electron chi connectivity index (χ4n) is 0.819. The van der Waals surface area contributed by atoms with Crippen LogP contribution in [0.2, 0.25) is 0 Å². The second kappa shape index (κ2) is 4.25. The quantitative estimate of drug-likeness (QED) is 0.683. The minimum atomic E-state index is -0.960. The number of aliphatic carboxylic acids is 1. The molecule has 4 nitrogen and oxygen atoms in total. The molecule has 0 aliphatic rings. The summed E-state index contributed by atoms with van der Waals surface area (Å²) in [6.07, 6.45) is 4.18. The average molecular weight is 178 g/mol. The lowest BCUT2D eigenvalue weighted by atomic mass is 10.2. The van der Waals surface area contributed by atoms with Gasteiger partial charge in [0.2, 0.25) is 0 Å². The Kier molecular flexibility index (Phi) is 3.03. The van der Waals surface area contributed by atoms with Crippen LogP contribution < -0.4 is 5.32 Å². The van der Waals surface area contributed by atoms with Crippen molar-refractivity contribution in [2.45, 2.75) is 0 Å². The highest BCUT2D eigenvalue weighted by molar-refractivity contribution is 5.85. The lowest BCUT2D eigenvalue weighted by Crippen LogP contribution is -1.91. The number of hydrogen-bond acceptors (Lipinski definition) is 3. The van der Waals surface area contributed by atoms with E-state index in [1.807, 2.05) is 0 Å². The average Bonchev–Trinajstić information content (AvgIpc) is 2.15. The molecule has 0 saturated carbocycles. The third-order valence-electron chi connectivity index (χ3n) is 1.46. The summed E-state index contributed by atoms with van der Waals surface area (Å²) in [5, 5.41) is 11.2. The first-order valence-electron chi connectivity index (χ1n) is 3.77. The molecule has 2 N–H and O–H groups in total. The van der Waals surface area contributed by atoms with Gasteiger partial charge in [0, 0.05) is 19.3 Å². The van der Waals surface area contributed by atoms with Crippen molar-refractivity contribution in [3.05, 3.63) is 30.0 Å². The highest BCUT2D eigenvalue weighted by Gasteiger charge is 1.91. The summed E-state index contributed by atoms with van der Waals surface area (Å²) in [7, 11) is 1.77. The van der Waals surface area contributed by atoms with E-state index in [1.54, 1.807) is 25.4 Å². The minimum Gasteiger partial charge on any atom is -0.478 e. The highest BCUT2D eigenvalue weighted by atomic mass is 16.4. The van der Waals surface area contributed by atoms with E-state index in [9.17, 15) is 4.79 Å². The van der Waals surface area contributed by atoms with Gasteiger partial charge in [0.25, 0.3) is 0 Å². The monoisotopic (exact) mass is 178 g/mol. The zero-order valence-electron chi connectivity index (χ0n) is 7.19. The summed E-state index contributed by atoms with van der Waals surface area (Å²) in [6, 6.07) is 3.57. The van der Waals surface area contributed by atoms with E-state index >= 15 is 0 Å². The van der Waals surface area contributed by atoms with E-state index in [0.717, 1.165) is 17.5 Å². The van der Waals surface area contributed by atoms with Gasteiger partial charge in [-0.2, -0.15) is 0 Å². The van der Waals surface area contributed by atoms with Crippen LogP contribution in [0.5, 0.6) is 0 Å². The van der Waals surface area contributed by atoms with Crippen LogP contribution in [0.1, 0.15) is 5.56 Å². The second-order valence-electron chi connectivity index (χ2n) is 2.40. The SMILES string of the molecule is CNc1ccc(C=CC(=O)O)cn1. The summed E-state index contributed by atoms with van der Waals surface area (Å²) < 4.78 is 0. The lowest BCUT2D eigenvalue weighted by Gasteiger charge is -1.97. The molecule has 0 saturated heterocycles. The van der Waals surface area contributed by atoms with Crippen LogP contribution in [0.4, 0.5) is 5.82 Å². The first-order valence-corrected chi connectivity index (χ1v) is 3.77. The van der Waals surface area contributed by atoms with E-state index in [2.05, 4.69) is 10.3 Å². The molecule has 4 heteroatoms. The minimum absolute atomic E-state index is 0.757. The standard InChI is InChI=1S/C9H10N2O2/c1-10-8-4-2-7(6-11-8)3-5-9(12)13/h2-6H,1H3,(H,10,11)(H,12,13). The van der Waals surface area contributed by atoms with Crippen LogP contribution in [0.3, 0.4) is 0 Å². The number of carboxylic acid groups (broad SMARTS) is 1. The van der Waals surface area contributed by atoms with Gasteiger partial charge >= 0.3 is 5.97 Å². The Morgan fingerprint density at radius 2 is 2.38 bits per heavy atom. The lowest BCUT2D eigenvalue weighted by molar-refractivity contribution is -0.131. The van der Waals surface area contributed by atoms with E-state index in [-0.39, 0.29) is 0 Å². The number of anilines is 1. The molecule has 0 aromatic carbocycles. The molecular weight excluding hydrogens is 168 g/mol. The van der Waals surface area contributed by atoms with E-state index in [1.165, 1.54) is 6.08 Å². The first kappa shape index (κ1) is 9.25. The Labute approximate surface area is 75.9 Å². The predicted octanol–water partition coefficient (Wildman–Crippen LogP) is 1.22. The Morgan fingerprint density at radius 1 is 1.62 bits per heavy atom. The molecule has 1 aromatic rings. The molecule has 1 heterocycles. The summed E-state index contributed by atoms with van der Waals surface area (Å²) in [4.78, 5) is 14.2. The van der Waals surface area contributed by atoms with Crippen LogP contribution in [0.25, 0.3) is 6.08 Å². The Balaban J connectivity index is 2.75. The normalized spacial score (nSPS) is 10.2. The Hall–Kier alpha value is -1.84. The molecule has 0 aliphatic carbocycles. The molecule has 68 valence electrons. The number of pyridine rings is 1. The van der Waals surface area contributed by atoms with Crippen LogP contribution in [0, 0.1) is 0 Å². The number of carboxylic acids is 1. The first-order chi connectivity index (χ1) is 6.22. The molecule has 0 bridgehead atoms. The van der Waals surface area contributed by atoms with E-state index in [4.69, 9.17) is 5.11 Å². The molecule has 1 aromatic heterocycles. The van der Waals surface area contributed by atoms with E-state index < -0.39 is 5.97 Å². The van der Waals surface area contributed by atoms with Crippen LogP contribution in [-0.2, 0) is 4.79 Å². The Bertz CT molecular complexity index is 317. The number of nitrogens with zero attached hydrogens (tertiary/aromatic N) is 1. The predicted molar refractivity (Wildman–Crippen MR) is 50.5 cm³/mol. The van der Waals surface area contributed by atoms with Crippen molar-refractivity contribution in [3.63, 3.8) is 0 Å². The van der Waals surface area contributed by atoms with Crippen molar-refractivity contribution in [1.82, 2.24) is 4.98 Å². The van der Waals surface area contributed by atoms with Crippen molar-refractivity contribution in [1.29, 1.82) is 0 Å². The third-order valence-corrected chi connectivity index (χ3v) is 1.46. The number of aromatic nitrogens is 1. The Morgan fingerprint density at radius 3 is 2.85 bits per heavy atom. The van der Waals surface area contributed by atoms with Crippen molar-refractivity contribution < 1.29 is 9.90 Å². The van der Waals surface area contributed by atoms with Gasteiger partial charge < -0.3 is 10.4 Å². The van der Waals surface area contributed by atoms with Crippen LogP contribution in [-0.4, -0.2) is 23.1 Å². The maximum absolute atomic E-state index is 10.2. The van der Waals surface area contributed by atoms with Gasteiger partial charge in [-0.25, -0.2) is 9.78 Å². The number of carbonyl (C=O) groups is 1. The van der Waals surface area contributed by atoms with Gasteiger partial charge in [-0.1, -0.05) is 0 Å². The number of nitrogens with one attached hydrogen (secondary N) is 1. The molecule has 0 atom stereocenters. The van der Waals surface area contributed by atoms with Gasteiger partial charge in [-0.05, 0) is 23.8 Å². The zero-order valence-corrected chi connectivity index (χ0v) is 7.19. The molecule has 0 unspecified atom stereocenters. The summed E-state index contributed by atoms with van der Waals surface area (Å²) in [6.45, 7) is 0. The molecule has 0 fully saturated rings. The van der Waals surface area contributed by atoms with Gasteiger partial charge in [0.1, 0.15) is 5.82 Å². The molecule has 0 spiro atoms. The smallest absolute Gasteiger partial charge is 0.328 e. The van der Waals surface area contributed by atoms with Crippen molar-refractivity contribution in [2.24, 2.45) is 0 Å². The highest BCUT2D eigenvalue weighted by Crippen LogP contribution is 2.05. The molecule has 13 heavy (non-hydrogen) atoms. The van der Waals surface area contributed by atoms with Crippen LogP contribution >= 0.6 is 0 Å². The molecule has 0 radical (unpaired) electrons. The number of rotatable bonds is 3. The number of hydrogen-bond donors (Lipinski definition) is 2. The van der Waals surface area contributed by atoms with E-state index in [0.29, 0.717) is 0 Å². The van der Waals surface area contributed by atoms with Crippen molar-refractivity contribution in [3.8, 4) is 0 Å². The summed E-state index contributed by atoms with van der Waals surface area (Å²) >= 11 is 0. The fourth-order valence-corrected chi connectivity index (χ4v) is 0.819. The third kappa shape index (κ3) is 2.94. The topological polar surface area (TPSA) is 62.2 Å². The fraction of sp³-hybridized carbons (Fsp3) is 0.111. The van der Waals surface area contributed by atoms with Gasteiger partial charge in [0.15, 0.2) is 0 Å². The van der Waals surface area contributed by atoms with Crippen molar-refractivity contribution in [2.75, 3.05) is 12.4 Å². The van der Waals surface area contributed by atoms with Crippen LogP contribution in [0.15, 0.2) is 24.4 Å². The largest absolute Gasteiger partial charge is 0.478 e. The summed E-state index contributed by atoms with van der Waals surface area (Å²) in [5.41, 5.74) is 0.765. The van der Waals surface area contributed by atoms with Gasteiger partial charge in [-0.3, -0.25) is 0 Å². The summed E-state index contributed by atoms with van der Waals surface area (Å²) in [5.74, 6) is -0.204. The van der Waals surface area contributed by atoms with Crippen molar-refractivity contribution >= 4 is 17.9 Å². The van der Waals surface area contributed by atoms with Gasteiger partial charge in [0.05, 0.1) is 0 Å². The maximum Gasteiger partial charge on any atom is 0.328 e. The zero-order chi connectivity index (χ0) is 9.68. The molecular formula is C9H10N2O2. The maximum atomic E-state index is 10.2. The van der Waals surface area contributed by atoms with Gasteiger partial charge in [-0.15, -0.1) is 0 Å².